The van der Waals surface area contributed by atoms with Crippen molar-refractivity contribution in [2.45, 2.75) is 0 Å². The largest absolute Gasteiger partial charge is 3.00 e. The SMILES string of the molecule is O=P([O-])([O-])[O-].[Ca+2].[Ce+3].[O-2]. The molecule has 8 heteroatoms. The Morgan fingerprint density at radius 1 is 1.12 bits per heavy atom. The summed E-state index contributed by atoms with van der Waals surface area (Å²) in [6.45, 7) is 0. The van der Waals surface area contributed by atoms with Gasteiger partial charge in [-0.25, -0.2) is 0 Å². The molecule has 0 aliphatic carbocycles. The van der Waals surface area contributed by atoms with Crippen molar-refractivity contribution in [3.05, 3.63) is 0 Å². The normalized spacial score (nSPS) is 7.38. The van der Waals surface area contributed by atoms with Gasteiger partial charge in [-0.2, -0.15) is 7.82 Å². The maximum Gasteiger partial charge on any atom is 3.00 e. The maximum absolute atomic E-state index is 8.55. The Labute approximate surface area is 110 Å². The summed E-state index contributed by atoms with van der Waals surface area (Å²) < 4.78 is 8.55. The van der Waals surface area contributed by atoms with Gasteiger partial charge in [-0.15, -0.1) is 0 Å². The van der Waals surface area contributed by atoms with Gasteiger partial charge in [0.05, 0.1) is 0 Å². The van der Waals surface area contributed by atoms with Crippen molar-refractivity contribution in [2.24, 2.45) is 0 Å². The molecule has 1 radical (unpaired) electrons. The Balaban J connectivity index is -0.0000000267. The Bertz CT molecular complexity index is 58.6. The molecular weight excluding hydrogens is 291 g/mol. The molecule has 0 bridgehead atoms. The third kappa shape index (κ3) is 70.6. The molecule has 0 unspecified atom stereocenters. The average molecular weight is 291 g/mol. The number of rotatable bonds is 0. The molecule has 0 aliphatic heterocycles. The standard InChI is InChI=1S/Ca.Ce.H3O4P.O/c;;1-5(2,3)4;/h;;(H3,1,2,3,4);/q+2;+3;;-2/p-3. The first-order chi connectivity index (χ1) is 2.00. The van der Waals surface area contributed by atoms with Gasteiger partial charge in [-0.1, -0.05) is 0 Å². The predicted molar refractivity (Wildman–Crippen MR) is 14.0 cm³/mol. The Hall–Kier alpha value is 2.71. The van der Waals surface area contributed by atoms with E-state index >= 15 is 0 Å². The molecule has 0 aromatic heterocycles. The summed E-state index contributed by atoms with van der Waals surface area (Å²) >= 11 is 0. The van der Waals surface area contributed by atoms with E-state index in [1.54, 1.807) is 0 Å². The molecule has 0 spiro atoms. The monoisotopic (exact) mass is 291 g/mol. The van der Waals surface area contributed by atoms with Crippen molar-refractivity contribution >= 4 is 45.6 Å². The zero-order valence-electron chi connectivity index (χ0n) is 3.70. The summed E-state index contributed by atoms with van der Waals surface area (Å²) in [4.78, 5) is 25.6. The molecule has 0 amide bonds. The number of hydrogen-bond acceptors (Lipinski definition) is 4. The minimum Gasteiger partial charge on any atom is -2.00 e. The molecule has 0 rings (SSSR count). The molecule has 0 saturated carbocycles. The van der Waals surface area contributed by atoms with Crippen LogP contribution in [-0.4, -0.2) is 37.7 Å². The van der Waals surface area contributed by atoms with E-state index < -0.39 is 7.82 Å². The van der Waals surface area contributed by atoms with Gasteiger partial charge < -0.3 is 24.7 Å². The van der Waals surface area contributed by atoms with E-state index in [4.69, 9.17) is 19.2 Å². The first-order valence-electron chi connectivity index (χ1n) is 0.730. The maximum atomic E-state index is 8.55. The predicted octanol–water partition coefficient (Wildman–Crippen LogP) is -3.32. The van der Waals surface area contributed by atoms with Gasteiger partial charge in [0, 0.05) is 0 Å². The summed E-state index contributed by atoms with van der Waals surface area (Å²) in [6.07, 6.45) is 0. The van der Waals surface area contributed by atoms with Gasteiger partial charge in [-0.3, -0.25) is 0 Å². The molecule has 41 valence electrons. The van der Waals surface area contributed by atoms with Crippen molar-refractivity contribution in [3.63, 3.8) is 0 Å². The van der Waals surface area contributed by atoms with E-state index in [0.717, 1.165) is 0 Å². The first kappa shape index (κ1) is 22.4. The van der Waals surface area contributed by atoms with Crippen molar-refractivity contribution in [3.8, 4) is 0 Å². The minimum atomic E-state index is -5.39. The third-order valence-corrected chi connectivity index (χ3v) is 0. The molecule has 5 nitrogen and oxygen atoms in total. The van der Waals surface area contributed by atoms with E-state index in [-0.39, 0.29) is 85.0 Å². The van der Waals surface area contributed by atoms with Gasteiger partial charge in [0.15, 0.2) is 0 Å². The Morgan fingerprint density at radius 3 is 1.12 bits per heavy atom. The summed E-state index contributed by atoms with van der Waals surface area (Å²) in [5, 5.41) is 0. The van der Waals surface area contributed by atoms with Crippen molar-refractivity contribution < 1.29 is 66.5 Å². The van der Waals surface area contributed by atoms with E-state index in [1.165, 1.54) is 0 Å². The van der Waals surface area contributed by atoms with Gasteiger partial charge in [-0.05, 0) is 0 Å². The summed E-state index contributed by atoms with van der Waals surface area (Å²) in [5.74, 6) is 0. The molecule has 0 N–H and O–H groups in total. The minimum absolute atomic E-state index is 0. The zero-order chi connectivity index (χ0) is 4.50. The van der Waals surface area contributed by atoms with Crippen molar-refractivity contribution in [1.29, 1.82) is 0 Å². The quantitative estimate of drug-likeness (QED) is 0.343. The van der Waals surface area contributed by atoms with Crippen LogP contribution in [0.1, 0.15) is 0 Å². The van der Waals surface area contributed by atoms with E-state index in [2.05, 4.69) is 0 Å². The third-order valence-electron chi connectivity index (χ3n) is 0. The molecule has 8 heavy (non-hydrogen) atoms. The summed E-state index contributed by atoms with van der Waals surface area (Å²) in [7, 11) is -5.39. The fourth-order valence-electron chi connectivity index (χ4n) is 0. The molecule has 0 heterocycles. The summed E-state index contributed by atoms with van der Waals surface area (Å²) in [6, 6.07) is 0. The van der Waals surface area contributed by atoms with E-state index in [0.29, 0.717) is 0 Å². The van der Waals surface area contributed by atoms with Crippen molar-refractivity contribution in [2.75, 3.05) is 0 Å². The first-order valence-corrected chi connectivity index (χ1v) is 2.19. The van der Waals surface area contributed by atoms with Crippen LogP contribution in [0.5, 0.6) is 0 Å². The molecule has 0 aliphatic rings. The topological polar surface area (TPSA) is 115 Å². The van der Waals surface area contributed by atoms with Crippen LogP contribution in [0.3, 0.4) is 0 Å². The molecule has 0 fully saturated rings. The van der Waals surface area contributed by atoms with Crippen LogP contribution < -0.4 is 14.7 Å². The van der Waals surface area contributed by atoms with Gasteiger partial charge in [0.1, 0.15) is 0 Å². The Morgan fingerprint density at radius 2 is 1.12 bits per heavy atom. The van der Waals surface area contributed by atoms with Crippen LogP contribution in [0.15, 0.2) is 0 Å². The average Bonchev–Trinajstić information content (AvgIpc) is 0.722. The summed E-state index contributed by atoms with van der Waals surface area (Å²) in [5.41, 5.74) is 0. The fourth-order valence-corrected chi connectivity index (χ4v) is 0. The van der Waals surface area contributed by atoms with Crippen LogP contribution >= 0.6 is 7.82 Å². The van der Waals surface area contributed by atoms with E-state index in [1.807, 2.05) is 0 Å². The van der Waals surface area contributed by atoms with E-state index in [9.17, 15) is 0 Å². The van der Waals surface area contributed by atoms with Crippen LogP contribution in [0.2, 0.25) is 0 Å². The van der Waals surface area contributed by atoms with Crippen molar-refractivity contribution in [1.82, 2.24) is 0 Å². The second kappa shape index (κ2) is 9.71. The van der Waals surface area contributed by atoms with Gasteiger partial charge >= 0.3 is 79.5 Å². The van der Waals surface area contributed by atoms with Crippen LogP contribution in [0.4, 0.5) is 0 Å². The second-order valence-electron chi connectivity index (χ2n) is 0.447. The zero-order valence-corrected chi connectivity index (χ0v) is 9.94. The molecule has 0 atom stereocenters. The van der Waals surface area contributed by atoms with Gasteiger partial charge in [0.2, 0.25) is 0 Å². The fraction of sp³-hybridized carbons (Fsp3) is 0. The smallest absolute Gasteiger partial charge is 2.00 e. The van der Waals surface area contributed by atoms with Crippen LogP contribution in [0.25, 0.3) is 0 Å². The van der Waals surface area contributed by atoms with Crippen LogP contribution in [-0.2, 0) is 10.0 Å². The molecule has 0 aromatic carbocycles. The second-order valence-corrected chi connectivity index (χ2v) is 1.34. The molecular formula is CaCeO5P. The van der Waals surface area contributed by atoms with Gasteiger partial charge in [0.25, 0.3) is 0 Å². The number of hydrogen-bond donors (Lipinski definition) is 0. The molecule has 0 saturated heterocycles. The number of phosphoric acid groups is 1. The Kier molecular flexibility index (Phi) is 27.2. The molecule has 0 aromatic rings. The van der Waals surface area contributed by atoms with Crippen LogP contribution in [0, 0.1) is 41.7 Å².